The molecule has 0 nitrogen and oxygen atoms in total. The lowest BCUT2D eigenvalue weighted by molar-refractivity contribution is 1.50. The first-order valence-corrected chi connectivity index (χ1v) is 5.23. The summed E-state index contributed by atoms with van der Waals surface area (Å²) in [6.07, 6.45) is 0. The smallest absolute Gasteiger partial charge is 0.0320 e. The molecule has 0 heterocycles. The molecule has 70 valence electrons. The SMILES string of the molecule is C=CSC=C.CC.CC.CC. The molecule has 0 aliphatic carbocycles. The lowest BCUT2D eigenvalue weighted by atomic mass is 11.0. The van der Waals surface area contributed by atoms with Gasteiger partial charge in [0.2, 0.25) is 0 Å². The maximum atomic E-state index is 3.44. The molecule has 0 aliphatic rings. The maximum Gasteiger partial charge on any atom is -0.0320 e. The Morgan fingerprint density at radius 2 is 0.909 bits per heavy atom. The Bertz CT molecular complexity index is 34.1. The number of hydrogen-bond acceptors (Lipinski definition) is 1. The Balaban J connectivity index is -0.0000000350. The molecular formula is C10H24S. The Kier molecular flexibility index (Phi) is 195. The van der Waals surface area contributed by atoms with E-state index in [2.05, 4.69) is 13.2 Å². The van der Waals surface area contributed by atoms with Crippen LogP contribution in [0.2, 0.25) is 0 Å². The van der Waals surface area contributed by atoms with E-state index in [0.717, 1.165) is 0 Å². The molecule has 0 aromatic rings. The van der Waals surface area contributed by atoms with Crippen molar-refractivity contribution < 1.29 is 0 Å². The van der Waals surface area contributed by atoms with Gasteiger partial charge in [-0.05, 0) is 10.8 Å². The molecule has 0 atom stereocenters. The summed E-state index contributed by atoms with van der Waals surface area (Å²) >= 11 is 1.49. The molecule has 0 radical (unpaired) electrons. The fourth-order valence-corrected chi connectivity index (χ4v) is 0.204. The third-order valence-corrected chi connectivity index (χ3v) is 0.577. The van der Waals surface area contributed by atoms with Crippen LogP contribution in [-0.4, -0.2) is 0 Å². The summed E-state index contributed by atoms with van der Waals surface area (Å²) in [5, 5.41) is 3.46. The van der Waals surface area contributed by atoms with E-state index in [0.29, 0.717) is 0 Å². The summed E-state index contributed by atoms with van der Waals surface area (Å²) in [6, 6.07) is 0. The van der Waals surface area contributed by atoms with Crippen molar-refractivity contribution >= 4 is 11.8 Å². The molecule has 1 heteroatoms. The highest BCUT2D eigenvalue weighted by Gasteiger charge is 1.52. The first-order valence-electron chi connectivity index (χ1n) is 4.29. The van der Waals surface area contributed by atoms with E-state index in [1.807, 2.05) is 41.5 Å². The van der Waals surface area contributed by atoms with Gasteiger partial charge in [-0.15, -0.1) is 11.8 Å². The van der Waals surface area contributed by atoms with Gasteiger partial charge in [0.15, 0.2) is 0 Å². The van der Waals surface area contributed by atoms with Gasteiger partial charge < -0.3 is 0 Å². The van der Waals surface area contributed by atoms with Gasteiger partial charge in [-0.3, -0.25) is 0 Å². The second-order valence-corrected chi connectivity index (χ2v) is 1.41. The van der Waals surface area contributed by atoms with Crippen molar-refractivity contribution in [3.05, 3.63) is 24.0 Å². The van der Waals surface area contributed by atoms with Gasteiger partial charge in [0, 0.05) is 0 Å². The predicted octanol–water partition coefficient (Wildman–Crippen LogP) is 5.09. The van der Waals surface area contributed by atoms with E-state index in [4.69, 9.17) is 0 Å². The number of hydrogen-bond donors (Lipinski definition) is 0. The molecule has 0 bridgehead atoms. The van der Waals surface area contributed by atoms with Gasteiger partial charge in [0.25, 0.3) is 0 Å². The maximum absolute atomic E-state index is 3.44. The zero-order chi connectivity index (χ0) is 10.1. The fraction of sp³-hybridized carbons (Fsp3) is 0.600. The van der Waals surface area contributed by atoms with Gasteiger partial charge >= 0.3 is 0 Å². The quantitative estimate of drug-likeness (QED) is 0.565. The Labute approximate surface area is 77.8 Å². The summed E-state index contributed by atoms with van der Waals surface area (Å²) < 4.78 is 0. The van der Waals surface area contributed by atoms with Crippen LogP contribution in [-0.2, 0) is 0 Å². The standard InChI is InChI=1S/C4H6S.3C2H6/c1-3-5-4-2;3*1-2/h3-4H,1-2H2;3*1-2H3. The van der Waals surface area contributed by atoms with Crippen LogP contribution < -0.4 is 0 Å². The van der Waals surface area contributed by atoms with Crippen LogP contribution in [0.1, 0.15) is 41.5 Å². The molecule has 0 spiro atoms. The summed E-state index contributed by atoms with van der Waals surface area (Å²) in [7, 11) is 0. The molecule has 11 heavy (non-hydrogen) atoms. The molecule has 0 rings (SSSR count). The Morgan fingerprint density at radius 1 is 0.727 bits per heavy atom. The fourth-order valence-electron chi connectivity index (χ4n) is 0.0680. The molecule has 0 saturated heterocycles. The first-order chi connectivity index (χ1) is 5.41. The predicted molar refractivity (Wildman–Crippen MR) is 62.0 cm³/mol. The minimum atomic E-state index is 1.49. The van der Waals surface area contributed by atoms with Gasteiger partial charge in [0.1, 0.15) is 0 Å². The molecule has 0 aliphatic heterocycles. The first kappa shape index (κ1) is 22.4. The van der Waals surface area contributed by atoms with Crippen LogP contribution in [0.5, 0.6) is 0 Å². The zero-order valence-electron chi connectivity index (χ0n) is 8.98. The third kappa shape index (κ3) is 180. The lowest BCUT2D eigenvalue weighted by Gasteiger charge is -1.65. The second-order valence-electron chi connectivity index (χ2n) is 0.469. The Hall–Kier alpha value is -0.170. The van der Waals surface area contributed by atoms with E-state index >= 15 is 0 Å². The minimum absolute atomic E-state index is 1.49. The topological polar surface area (TPSA) is 0 Å². The molecule has 0 N–H and O–H groups in total. The van der Waals surface area contributed by atoms with E-state index < -0.39 is 0 Å². The summed E-state index contributed by atoms with van der Waals surface area (Å²) in [5.74, 6) is 0. The normalized spacial score (nSPS) is 4.55. The van der Waals surface area contributed by atoms with Crippen molar-refractivity contribution in [2.45, 2.75) is 41.5 Å². The highest BCUT2D eigenvalue weighted by Crippen LogP contribution is 1.96. The molecule has 0 saturated carbocycles. The van der Waals surface area contributed by atoms with Crippen LogP contribution in [0.3, 0.4) is 0 Å². The highest BCUT2D eigenvalue weighted by molar-refractivity contribution is 8.04. The van der Waals surface area contributed by atoms with Crippen LogP contribution >= 0.6 is 11.8 Å². The van der Waals surface area contributed by atoms with Crippen molar-refractivity contribution in [2.75, 3.05) is 0 Å². The van der Waals surface area contributed by atoms with Gasteiger partial charge in [-0.1, -0.05) is 54.7 Å². The van der Waals surface area contributed by atoms with Crippen molar-refractivity contribution in [3.8, 4) is 0 Å². The van der Waals surface area contributed by atoms with Crippen LogP contribution in [0, 0.1) is 0 Å². The number of rotatable bonds is 2. The summed E-state index contributed by atoms with van der Waals surface area (Å²) in [6.45, 7) is 18.9. The second kappa shape index (κ2) is 95.7. The summed E-state index contributed by atoms with van der Waals surface area (Å²) in [5.41, 5.74) is 0. The molecular weight excluding hydrogens is 152 g/mol. The van der Waals surface area contributed by atoms with Crippen molar-refractivity contribution in [3.63, 3.8) is 0 Å². The average molecular weight is 176 g/mol. The Morgan fingerprint density at radius 3 is 0.909 bits per heavy atom. The van der Waals surface area contributed by atoms with Crippen molar-refractivity contribution in [2.24, 2.45) is 0 Å². The van der Waals surface area contributed by atoms with E-state index in [9.17, 15) is 0 Å². The minimum Gasteiger partial charge on any atom is -0.107 e. The van der Waals surface area contributed by atoms with E-state index in [-0.39, 0.29) is 0 Å². The van der Waals surface area contributed by atoms with Gasteiger partial charge in [-0.2, -0.15) is 0 Å². The zero-order valence-corrected chi connectivity index (χ0v) is 9.79. The molecule has 0 aromatic heterocycles. The molecule has 0 amide bonds. The van der Waals surface area contributed by atoms with Crippen LogP contribution in [0.4, 0.5) is 0 Å². The number of thioether (sulfide) groups is 1. The van der Waals surface area contributed by atoms with Crippen LogP contribution in [0.25, 0.3) is 0 Å². The highest BCUT2D eigenvalue weighted by atomic mass is 32.2. The van der Waals surface area contributed by atoms with Crippen molar-refractivity contribution in [1.82, 2.24) is 0 Å². The largest absolute Gasteiger partial charge is 0.107 e. The van der Waals surface area contributed by atoms with Crippen LogP contribution in [0.15, 0.2) is 24.0 Å². The van der Waals surface area contributed by atoms with Gasteiger partial charge in [0.05, 0.1) is 0 Å². The van der Waals surface area contributed by atoms with Gasteiger partial charge in [-0.25, -0.2) is 0 Å². The van der Waals surface area contributed by atoms with E-state index in [1.165, 1.54) is 11.8 Å². The lowest BCUT2D eigenvalue weighted by Crippen LogP contribution is -1.25. The van der Waals surface area contributed by atoms with Crippen molar-refractivity contribution in [1.29, 1.82) is 0 Å². The molecule has 0 aromatic carbocycles. The third-order valence-electron chi connectivity index (χ3n) is 0.192. The molecule has 0 unspecified atom stereocenters. The van der Waals surface area contributed by atoms with E-state index in [1.54, 1.807) is 10.8 Å². The summed E-state index contributed by atoms with van der Waals surface area (Å²) in [4.78, 5) is 0. The average Bonchev–Trinajstić information content (AvgIpc) is 2.16. The molecule has 0 fully saturated rings. The monoisotopic (exact) mass is 176 g/mol.